The van der Waals surface area contributed by atoms with Crippen LogP contribution in [0.3, 0.4) is 0 Å². The van der Waals surface area contributed by atoms with E-state index >= 15 is 0 Å². The first kappa shape index (κ1) is 19.3. The fourth-order valence-corrected chi connectivity index (χ4v) is 3.90. The molecule has 0 aliphatic rings. The Hall–Kier alpha value is -1.99. The van der Waals surface area contributed by atoms with E-state index in [1.165, 1.54) is 11.8 Å². The molecule has 0 aliphatic carbocycles. The van der Waals surface area contributed by atoms with Crippen LogP contribution < -0.4 is 9.62 Å². The second kappa shape index (κ2) is 7.93. The molecule has 0 radical (unpaired) electrons. The predicted octanol–water partition coefficient (Wildman–Crippen LogP) is 3.43. The standard InChI is InChI=1S/C18H22N2O3S2/c1-13-9-10-14(2)16(11-13)20(25(4,22)23)12-18(21)19-15-7-5-6-8-17(15)24-3/h5-11H,12H2,1-4H3,(H,19,21). The SMILES string of the molecule is CSc1ccccc1NC(=O)CN(c1cc(C)ccc1C)S(C)(=O)=O. The molecule has 2 aromatic rings. The predicted molar refractivity (Wildman–Crippen MR) is 105 cm³/mol. The summed E-state index contributed by atoms with van der Waals surface area (Å²) in [6.45, 7) is 3.44. The Labute approximate surface area is 153 Å². The number of hydrogen-bond donors (Lipinski definition) is 1. The van der Waals surface area contributed by atoms with Crippen LogP contribution in [0, 0.1) is 13.8 Å². The van der Waals surface area contributed by atoms with Crippen molar-refractivity contribution in [1.82, 2.24) is 0 Å². The number of nitrogens with one attached hydrogen (secondary N) is 1. The van der Waals surface area contributed by atoms with Crippen LogP contribution in [0.25, 0.3) is 0 Å². The highest BCUT2D eigenvalue weighted by Gasteiger charge is 2.22. The average Bonchev–Trinajstić information content (AvgIpc) is 2.54. The summed E-state index contributed by atoms with van der Waals surface area (Å²) in [5, 5.41) is 2.80. The molecule has 2 aromatic carbocycles. The Morgan fingerprint density at radius 1 is 1.16 bits per heavy atom. The van der Waals surface area contributed by atoms with Gasteiger partial charge in [-0.3, -0.25) is 9.10 Å². The van der Waals surface area contributed by atoms with Crippen LogP contribution in [0.15, 0.2) is 47.4 Å². The molecule has 0 saturated heterocycles. The average molecular weight is 379 g/mol. The van der Waals surface area contributed by atoms with Gasteiger partial charge in [-0.05, 0) is 49.4 Å². The van der Waals surface area contributed by atoms with Gasteiger partial charge in [-0.15, -0.1) is 11.8 Å². The van der Waals surface area contributed by atoms with Crippen molar-refractivity contribution in [3.8, 4) is 0 Å². The van der Waals surface area contributed by atoms with Gasteiger partial charge < -0.3 is 5.32 Å². The van der Waals surface area contributed by atoms with E-state index < -0.39 is 10.0 Å². The zero-order valence-corrected chi connectivity index (χ0v) is 16.4. The van der Waals surface area contributed by atoms with Crippen molar-refractivity contribution in [2.24, 2.45) is 0 Å². The van der Waals surface area contributed by atoms with Gasteiger partial charge in [0.15, 0.2) is 0 Å². The van der Waals surface area contributed by atoms with E-state index in [0.717, 1.165) is 26.6 Å². The quantitative estimate of drug-likeness (QED) is 0.782. The maximum absolute atomic E-state index is 12.5. The molecule has 0 fully saturated rings. The number of carbonyl (C=O) groups excluding carboxylic acids is 1. The van der Waals surface area contributed by atoms with E-state index in [-0.39, 0.29) is 12.5 Å². The van der Waals surface area contributed by atoms with Crippen molar-refractivity contribution in [3.05, 3.63) is 53.6 Å². The number of anilines is 2. The third-order valence-corrected chi connectivity index (χ3v) is 5.62. The van der Waals surface area contributed by atoms with Crippen molar-refractivity contribution >= 4 is 39.1 Å². The highest BCUT2D eigenvalue weighted by molar-refractivity contribution is 7.98. The minimum absolute atomic E-state index is 0.272. The van der Waals surface area contributed by atoms with Crippen molar-refractivity contribution < 1.29 is 13.2 Å². The topological polar surface area (TPSA) is 66.5 Å². The normalized spacial score (nSPS) is 11.2. The Balaban J connectivity index is 2.29. The van der Waals surface area contributed by atoms with Crippen LogP contribution in [-0.2, 0) is 14.8 Å². The minimum Gasteiger partial charge on any atom is -0.323 e. The van der Waals surface area contributed by atoms with E-state index in [1.54, 1.807) is 12.1 Å². The molecule has 25 heavy (non-hydrogen) atoms. The van der Waals surface area contributed by atoms with E-state index in [0.29, 0.717) is 11.4 Å². The number of benzene rings is 2. The number of nitrogens with zero attached hydrogens (tertiary/aromatic N) is 1. The summed E-state index contributed by atoms with van der Waals surface area (Å²) in [4.78, 5) is 13.4. The molecule has 0 bridgehead atoms. The Bertz CT molecular complexity index is 880. The van der Waals surface area contributed by atoms with Crippen LogP contribution in [0.1, 0.15) is 11.1 Å². The van der Waals surface area contributed by atoms with Gasteiger partial charge in [-0.25, -0.2) is 8.42 Å². The number of aryl methyl sites for hydroxylation is 2. The smallest absolute Gasteiger partial charge is 0.245 e. The molecular weight excluding hydrogens is 356 g/mol. The first-order valence-electron chi connectivity index (χ1n) is 7.70. The third-order valence-electron chi connectivity index (χ3n) is 3.70. The molecule has 0 aliphatic heterocycles. The maximum Gasteiger partial charge on any atom is 0.245 e. The Kier molecular flexibility index (Phi) is 6.13. The van der Waals surface area contributed by atoms with Gasteiger partial charge >= 0.3 is 0 Å². The summed E-state index contributed by atoms with van der Waals surface area (Å²) in [5.41, 5.74) is 2.93. The number of carbonyl (C=O) groups is 1. The molecule has 0 spiro atoms. The molecular formula is C18H22N2O3S2. The van der Waals surface area contributed by atoms with Gasteiger partial charge in [-0.2, -0.15) is 0 Å². The van der Waals surface area contributed by atoms with E-state index in [1.807, 2.05) is 50.4 Å². The molecule has 1 N–H and O–H groups in total. The third kappa shape index (κ3) is 4.99. The minimum atomic E-state index is -3.59. The van der Waals surface area contributed by atoms with Crippen LogP contribution in [0.2, 0.25) is 0 Å². The monoisotopic (exact) mass is 378 g/mol. The summed E-state index contributed by atoms with van der Waals surface area (Å²) >= 11 is 1.52. The van der Waals surface area contributed by atoms with Crippen molar-refractivity contribution in [2.75, 3.05) is 28.7 Å². The number of sulfonamides is 1. The molecule has 0 heterocycles. The summed E-state index contributed by atoms with van der Waals surface area (Å²) in [6, 6.07) is 13.0. The van der Waals surface area contributed by atoms with Gasteiger partial charge in [0, 0.05) is 4.90 Å². The molecule has 5 nitrogen and oxygen atoms in total. The molecule has 0 aromatic heterocycles. The lowest BCUT2D eigenvalue weighted by atomic mass is 10.1. The van der Waals surface area contributed by atoms with Crippen LogP contribution >= 0.6 is 11.8 Å². The summed E-state index contributed by atoms with van der Waals surface area (Å²) in [6.07, 6.45) is 3.03. The lowest BCUT2D eigenvalue weighted by molar-refractivity contribution is -0.114. The Morgan fingerprint density at radius 3 is 2.48 bits per heavy atom. The molecule has 7 heteroatoms. The number of rotatable bonds is 6. The number of para-hydroxylation sites is 1. The highest BCUT2D eigenvalue weighted by Crippen LogP contribution is 2.26. The van der Waals surface area contributed by atoms with Crippen LogP contribution in [0.5, 0.6) is 0 Å². The van der Waals surface area contributed by atoms with Crippen LogP contribution in [-0.4, -0.2) is 33.4 Å². The second-order valence-electron chi connectivity index (χ2n) is 5.81. The first-order valence-corrected chi connectivity index (χ1v) is 10.8. The molecule has 134 valence electrons. The lowest BCUT2D eigenvalue weighted by Gasteiger charge is -2.24. The summed E-state index contributed by atoms with van der Waals surface area (Å²) in [5.74, 6) is -0.382. The first-order chi connectivity index (χ1) is 11.7. The number of thioether (sulfide) groups is 1. The zero-order chi connectivity index (χ0) is 18.6. The van der Waals surface area contributed by atoms with Gasteiger partial charge in [0.1, 0.15) is 6.54 Å². The fraction of sp³-hybridized carbons (Fsp3) is 0.278. The number of hydrogen-bond acceptors (Lipinski definition) is 4. The number of amides is 1. The van der Waals surface area contributed by atoms with Crippen LogP contribution in [0.4, 0.5) is 11.4 Å². The zero-order valence-electron chi connectivity index (χ0n) is 14.7. The second-order valence-corrected chi connectivity index (χ2v) is 8.56. The van der Waals surface area contributed by atoms with E-state index in [4.69, 9.17) is 0 Å². The van der Waals surface area contributed by atoms with Gasteiger partial charge in [0.05, 0.1) is 17.6 Å². The summed E-state index contributed by atoms with van der Waals surface area (Å²) < 4.78 is 25.6. The van der Waals surface area contributed by atoms with Crippen molar-refractivity contribution in [1.29, 1.82) is 0 Å². The van der Waals surface area contributed by atoms with E-state index in [9.17, 15) is 13.2 Å². The lowest BCUT2D eigenvalue weighted by Crippen LogP contribution is -2.38. The van der Waals surface area contributed by atoms with Gasteiger partial charge in [0.25, 0.3) is 0 Å². The molecule has 1 amide bonds. The highest BCUT2D eigenvalue weighted by atomic mass is 32.2. The molecule has 0 saturated carbocycles. The largest absolute Gasteiger partial charge is 0.323 e. The molecule has 0 atom stereocenters. The van der Waals surface area contributed by atoms with E-state index in [2.05, 4.69) is 5.32 Å². The fourth-order valence-electron chi connectivity index (χ4n) is 2.44. The van der Waals surface area contributed by atoms with Gasteiger partial charge in [0.2, 0.25) is 15.9 Å². The summed E-state index contributed by atoms with van der Waals surface area (Å²) in [7, 11) is -3.59. The maximum atomic E-state index is 12.5. The van der Waals surface area contributed by atoms with Crippen molar-refractivity contribution in [3.63, 3.8) is 0 Å². The van der Waals surface area contributed by atoms with Gasteiger partial charge in [-0.1, -0.05) is 24.3 Å². The molecule has 0 unspecified atom stereocenters. The van der Waals surface area contributed by atoms with Crippen molar-refractivity contribution in [2.45, 2.75) is 18.7 Å². The Morgan fingerprint density at radius 2 is 1.84 bits per heavy atom. The molecule has 2 rings (SSSR count).